The van der Waals surface area contributed by atoms with Gasteiger partial charge in [0, 0.05) is 25.7 Å². The fourth-order valence-corrected chi connectivity index (χ4v) is 3.94. The average Bonchev–Trinajstić information content (AvgIpc) is 2.88. The van der Waals surface area contributed by atoms with Gasteiger partial charge in [-0.1, -0.05) is 26.7 Å². The fourth-order valence-electron chi connectivity index (χ4n) is 3.94. The van der Waals surface area contributed by atoms with E-state index in [0.29, 0.717) is 17.9 Å². The summed E-state index contributed by atoms with van der Waals surface area (Å²) in [5, 5.41) is 13.8. The van der Waals surface area contributed by atoms with Crippen molar-refractivity contribution in [3.63, 3.8) is 0 Å². The van der Waals surface area contributed by atoms with Crippen molar-refractivity contribution >= 4 is 0 Å². The molecule has 1 saturated heterocycles. The lowest BCUT2D eigenvalue weighted by atomic mass is 9.89. The van der Waals surface area contributed by atoms with Crippen LogP contribution in [-0.2, 0) is 0 Å². The molecule has 1 heterocycles. The summed E-state index contributed by atoms with van der Waals surface area (Å²) >= 11 is 0. The van der Waals surface area contributed by atoms with Gasteiger partial charge in [-0.3, -0.25) is 0 Å². The molecule has 3 nitrogen and oxygen atoms in total. The monoisotopic (exact) mass is 282 g/mol. The van der Waals surface area contributed by atoms with Crippen molar-refractivity contribution in [3.05, 3.63) is 0 Å². The van der Waals surface area contributed by atoms with Crippen molar-refractivity contribution < 1.29 is 5.11 Å². The highest BCUT2D eigenvalue weighted by atomic mass is 16.3. The first-order chi connectivity index (χ1) is 9.54. The van der Waals surface area contributed by atoms with Crippen LogP contribution in [0.15, 0.2) is 0 Å². The second kappa shape index (κ2) is 7.77. The SMILES string of the molecule is CC(C)CN1CC(NCC2CCCC2)CC(C(C)O)C1. The molecule has 2 rings (SSSR count). The predicted octanol–water partition coefficient (Wildman–Crippen LogP) is 2.49. The molecule has 0 bridgehead atoms. The molecule has 0 spiro atoms. The van der Waals surface area contributed by atoms with Crippen molar-refractivity contribution in [2.45, 2.75) is 65.0 Å². The minimum Gasteiger partial charge on any atom is -0.393 e. The van der Waals surface area contributed by atoms with E-state index >= 15 is 0 Å². The molecule has 0 radical (unpaired) electrons. The molecule has 0 amide bonds. The second-order valence-corrected chi connectivity index (χ2v) is 7.60. The van der Waals surface area contributed by atoms with E-state index in [1.807, 2.05) is 6.92 Å². The van der Waals surface area contributed by atoms with E-state index in [1.165, 1.54) is 32.2 Å². The molecule has 0 aromatic rings. The molecular formula is C17H34N2O. The van der Waals surface area contributed by atoms with E-state index in [9.17, 15) is 5.11 Å². The summed E-state index contributed by atoms with van der Waals surface area (Å²) in [6.07, 6.45) is 6.63. The molecule has 0 aromatic carbocycles. The summed E-state index contributed by atoms with van der Waals surface area (Å²) in [6, 6.07) is 0.572. The molecule has 20 heavy (non-hydrogen) atoms. The van der Waals surface area contributed by atoms with Gasteiger partial charge in [0.15, 0.2) is 0 Å². The number of nitrogens with one attached hydrogen (secondary N) is 1. The minimum atomic E-state index is -0.180. The van der Waals surface area contributed by atoms with Gasteiger partial charge in [0.05, 0.1) is 6.10 Å². The maximum Gasteiger partial charge on any atom is 0.0553 e. The summed E-state index contributed by atoms with van der Waals surface area (Å²) in [7, 11) is 0. The van der Waals surface area contributed by atoms with E-state index < -0.39 is 0 Å². The van der Waals surface area contributed by atoms with Crippen LogP contribution in [0.3, 0.4) is 0 Å². The zero-order valence-electron chi connectivity index (χ0n) is 13.6. The Bertz CT molecular complexity index is 274. The number of aliphatic hydroxyl groups excluding tert-OH is 1. The summed E-state index contributed by atoms with van der Waals surface area (Å²) < 4.78 is 0. The molecule has 0 aromatic heterocycles. The van der Waals surface area contributed by atoms with Gasteiger partial charge in [0.1, 0.15) is 0 Å². The topological polar surface area (TPSA) is 35.5 Å². The lowest BCUT2D eigenvalue weighted by molar-refractivity contribution is 0.0429. The molecule has 2 fully saturated rings. The Labute approximate surface area is 125 Å². The number of hydrogen-bond donors (Lipinski definition) is 2. The van der Waals surface area contributed by atoms with E-state index in [2.05, 4.69) is 24.1 Å². The number of piperidine rings is 1. The van der Waals surface area contributed by atoms with Crippen LogP contribution in [0.25, 0.3) is 0 Å². The van der Waals surface area contributed by atoms with Crippen LogP contribution >= 0.6 is 0 Å². The lowest BCUT2D eigenvalue weighted by Crippen LogP contribution is -2.52. The van der Waals surface area contributed by atoms with Gasteiger partial charge in [-0.15, -0.1) is 0 Å². The molecule has 118 valence electrons. The number of likely N-dealkylation sites (tertiary alicyclic amines) is 1. The number of nitrogens with zero attached hydrogens (tertiary/aromatic N) is 1. The molecule has 3 atom stereocenters. The molecule has 1 aliphatic heterocycles. The fraction of sp³-hybridized carbons (Fsp3) is 1.00. The van der Waals surface area contributed by atoms with Gasteiger partial charge >= 0.3 is 0 Å². The third-order valence-electron chi connectivity index (χ3n) is 5.03. The highest BCUT2D eigenvalue weighted by Gasteiger charge is 2.30. The lowest BCUT2D eigenvalue weighted by Gasteiger charge is -2.40. The van der Waals surface area contributed by atoms with E-state index in [4.69, 9.17) is 0 Å². The Hall–Kier alpha value is -0.120. The Kier molecular flexibility index (Phi) is 6.31. The highest BCUT2D eigenvalue weighted by molar-refractivity contribution is 4.86. The molecule has 2 N–H and O–H groups in total. The molecule has 2 aliphatic rings. The van der Waals surface area contributed by atoms with Gasteiger partial charge in [-0.2, -0.15) is 0 Å². The Morgan fingerprint density at radius 1 is 1.15 bits per heavy atom. The number of aliphatic hydroxyl groups is 1. The van der Waals surface area contributed by atoms with Crippen molar-refractivity contribution in [2.24, 2.45) is 17.8 Å². The number of rotatable bonds is 6. The van der Waals surface area contributed by atoms with E-state index in [1.54, 1.807) is 0 Å². The maximum absolute atomic E-state index is 9.97. The summed E-state index contributed by atoms with van der Waals surface area (Å²) in [4.78, 5) is 2.55. The molecule has 1 aliphatic carbocycles. The minimum absolute atomic E-state index is 0.180. The maximum atomic E-state index is 9.97. The first kappa shape index (κ1) is 16.3. The van der Waals surface area contributed by atoms with Crippen LogP contribution in [0, 0.1) is 17.8 Å². The van der Waals surface area contributed by atoms with Crippen LogP contribution in [0.4, 0.5) is 0 Å². The summed E-state index contributed by atoms with van der Waals surface area (Å²) in [5.74, 6) is 2.04. The Balaban J connectivity index is 1.82. The van der Waals surface area contributed by atoms with Gasteiger partial charge in [-0.25, -0.2) is 0 Å². The predicted molar refractivity (Wildman–Crippen MR) is 84.8 cm³/mol. The Morgan fingerprint density at radius 2 is 1.85 bits per heavy atom. The second-order valence-electron chi connectivity index (χ2n) is 7.60. The van der Waals surface area contributed by atoms with Crippen LogP contribution in [-0.4, -0.2) is 48.3 Å². The summed E-state index contributed by atoms with van der Waals surface area (Å²) in [6.45, 7) is 11.1. The zero-order chi connectivity index (χ0) is 14.5. The van der Waals surface area contributed by atoms with Crippen LogP contribution in [0.5, 0.6) is 0 Å². The Morgan fingerprint density at radius 3 is 2.45 bits per heavy atom. The van der Waals surface area contributed by atoms with Gasteiger partial charge in [0.2, 0.25) is 0 Å². The third kappa shape index (κ3) is 5.01. The first-order valence-electron chi connectivity index (χ1n) is 8.68. The van der Waals surface area contributed by atoms with Crippen molar-refractivity contribution in [1.82, 2.24) is 10.2 Å². The van der Waals surface area contributed by atoms with Crippen molar-refractivity contribution in [2.75, 3.05) is 26.2 Å². The smallest absolute Gasteiger partial charge is 0.0553 e. The van der Waals surface area contributed by atoms with Crippen LogP contribution in [0.1, 0.15) is 52.9 Å². The quantitative estimate of drug-likeness (QED) is 0.786. The average molecular weight is 282 g/mol. The zero-order valence-corrected chi connectivity index (χ0v) is 13.6. The molecule has 3 heteroatoms. The van der Waals surface area contributed by atoms with Gasteiger partial charge in [0.25, 0.3) is 0 Å². The van der Waals surface area contributed by atoms with Crippen LogP contribution < -0.4 is 5.32 Å². The standard InChI is InChI=1S/C17H34N2O/c1-13(2)10-19-11-16(14(3)20)8-17(12-19)18-9-15-6-4-5-7-15/h13-18,20H,4-12H2,1-3H3. The molecular weight excluding hydrogens is 248 g/mol. The van der Waals surface area contributed by atoms with Crippen molar-refractivity contribution in [3.8, 4) is 0 Å². The van der Waals surface area contributed by atoms with Gasteiger partial charge < -0.3 is 15.3 Å². The number of hydrogen-bond acceptors (Lipinski definition) is 3. The van der Waals surface area contributed by atoms with Gasteiger partial charge in [-0.05, 0) is 50.5 Å². The van der Waals surface area contributed by atoms with E-state index in [0.717, 1.165) is 32.0 Å². The largest absolute Gasteiger partial charge is 0.393 e. The third-order valence-corrected chi connectivity index (χ3v) is 5.03. The normalized spacial score (nSPS) is 31.1. The van der Waals surface area contributed by atoms with Crippen molar-refractivity contribution in [1.29, 1.82) is 0 Å². The highest BCUT2D eigenvalue weighted by Crippen LogP contribution is 2.25. The first-order valence-corrected chi connectivity index (χ1v) is 8.68. The van der Waals surface area contributed by atoms with E-state index in [-0.39, 0.29) is 6.10 Å². The van der Waals surface area contributed by atoms with Crippen LogP contribution in [0.2, 0.25) is 0 Å². The molecule has 1 saturated carbocycles. The summed E-state index contributed by atoms with van der Waals surface area (Å²) in [5.41, 5.74) is 0. The molecule has 3 unspecified atom stereocenters.